The summed E-state index contributed by atoms with van der Waals surface area (Å²) in [5.41, 5.74) is 0.102. The van der Waals surface area contributed by atoms with Gasteiger partial charge in [0.05, 0.1) is 32.6 Å². The Morgan fingerprint density at radius 2 is 1.93 bits per heavy atom. The van der Waals surface area contributed by atoms with Gasteiger partial charge in [-0.15, -0.1) is 0 Å². The van der Waals surface area contributed by atoms with E-state index in [2.05, 4.69) is 10.4 Å². The molecule has 0 heterocycles. The molecule has 8 nitrogen and oxygen atoms in total. The quantitative estimate of drug-likeness (QED) is 0.268. The zero-order valence-corrected chi connectivity index (χ0v) is 17.8. The van der Waals surface area contributed by atoms with Gasteiger partial charge in [0.1, 0.15) is 6.10 Å². The first-order chi connectivity index (χ1) is 13.2. The van der Waals surface area contributed by atoms with Gasteiger partial charge in [-0.2, -0.15) is 0 Å². The highest BCUT2D eigenvalue weighted by atomic mass is 31.2. The standard InChI is InChI=1S/C19H33N2O6P/c1-4-27-28(25,13-11-20-18(24)17(23)19(2,3)15-22)21-10-12-26-14-16-8-6-5-7-9-16/h5-9,17,22-23H,4,10-15H2,1-3H3,(H,20,24)(H,21,25)/t17-,28?/m0/s1. The lowest BCUT2D eigenvalue weighted by atomic mass is 9.87. The normalized spacial score (nSPS) is 15.0. The van der Waals surface area contributed by atoms with Crippen LogP contribution in [-0.4, -0.2) is 61.3 Å². The van der Waals surface area contributed by atoms with Crippen LogP contribution >= 0.6 is 7.52 Å². The number of hydrogen-bond donors (Lipinski definition) is 4. The predicted molar refractivity (Wildman–Crippen MR) is 108 cm³/mol. The second-order valence-electron chi connectivity index (χ2n) is 7.10. The molecule has 1 unspecified atom stereocenters. The van der Waals surface area contributed by atoms with Crippen LogP contribution in [0.5, 0.6) is 0 Å². The van der Waals surface area contributed by atoms with Gasteiger partial charge in [0, 0.05) is 18.5 Å². The molecule has 4 N–H and O–H groups in total. The van der Waals surface area contributed by atoms with Crippen molar-refractivity contribution in [1.82, 2.24) is 10.4 Å². The van der Waals surface area contributed by atoms with E-state index in [1.54, 1.807) is 20.8 Å². The summed E-state index contributed by atoms with van der Waals surface area (Å²) in [6.07, 6.45) is -1.28. The monoisotopic (exact) mass is 416 g/mol. The van der Waals surface area contributed by atoms with Gasteiger partial charge in [-0.05, 0) is 12.5 Å². The molecule has 0 aromatic heterocycles. The highest BCUT2D eigenvalue weighted by Gasteiger charge is 2.33. The Morgan fingerprint density at radius 1 is 1.25 bits per heavy atom. The summed E-state index contributed by atoms with van der Waals surface area (Å²) in [4.78, 5) is 12.0. The van der Waals surface area contributed by atoms with Crippen LogP contribution in [0.3, 0.4) is 0 Å². The molecule has 0 fully saturated rings. The molecular weight excluding hydrogens is 383 g/mol. The van der Waals surface area contributed by atoms with Crippen molar-refractivity contribution in [2.24, 2.45) is 5.41 Å². The van der Waals surface area contributed by atoms with Gasteiger partial charge >= 0.3 is 0 Å². The van der Waals surface area contributed by atoms with Crippen molar-refractivity contribution < 1.29 is 28.8 Å². The van der Waals surface area contributed by atoms with Crippen molar-refractivity contribution in [2.45, 2.75) is 33.5 Å². The molecule has 9 heteroatoms. The molecule has 0 aliphatic rings. The molecule has 0 aliphatic heterocycles. The van der Waals surface area contributed by atoms with Crippen LogP contribution in [0.4, 0.5) is 0 Å². The van der Waals surface area contributed by atoms with Gasteiger partial charge in [-0.25, -0.2) is 5.09 Å². The molecule has 1 amide bonds. The lowest BCUT2D eigenvalue weighted by molar-refractivity contribution is -0.136. The van der Waals surface area contributed by atoms with Gasteiger partial charge in [-0.1, -0.05) is 44.2 Å². The summed E-state index contributed by atoms with van der Waals surface area (Å²) in [5, 5.41) is 24.6. The Hall–Kier alpha value is -1.28. The number of aliphatic hydroxyl groups excluding tert-OH is 2. The van der Waals surface area contributed by atoms with E-state index < -0.39 is 24.9 Å². The topological polar surface area (TPSA) is 117 Å². The van der Waals surface area contributed by atoms with E-state index in [1.807, 2.05) is 30.3 Å². The average Bonchev–Trinajstić information content (AvgIpc) is 2.68. The van der Waals surface area contributed by atoms with Crippen LogP contribution in [0, 0.1) is 5.41 Å². The highest BCUT2D eigenvalue weighted by molar-refractivity contribution is 7.56. The molecular formula is C19H33N2O6P. The minimum atomic E-state index is -3.14. The van der Waals surface area contributed by atoms with Crippen LogP contribution in [-0.2, 0) is 25.2 Å². The summed E-state index contributed by atoms with van der Waals surface area (Å²) < 4.78 is 23.7. The van der Waals surface area contributed by atoms with Crippen LogP contribution in [0.15, 0.2) is 30.3 Å². The zero-order valence-electron chi connectivity index (χ0n) is 16.9. The van der Waals surface area contributed by atoms with E-state index in [1.165, 1.54) is 0 Å². The van der Waals surface area contributed by atoms with E-state index in [0.29, 0.717) is 19.8 Å². The first kappa shape index (κ1) is 24.8. The number of carbonyl (C=O) groups is 1. The maximum Gasteiger partial charge on any atom is 0.271 e. The third kappa shape index (κ3) is 8.82. The van der Waals surface area contributed by atoms with Gasteiger partial charge in [0.2, 0.25) is 5.91 Å². The molecule has 0 radical (unpaired) electrons. The molecule has 0 aliphatic carbocycles. The summed E-state index contributed by atoms with van der Waals surface area (Å²) >= 11 is 0. The third-order valence-corrected chi connectivity index (χ3v) is 6.34. The fourth-order valence-corrected chi connectivity index (χ4v) is 3.95. The molecule has 160 valence electrons. The van der Waals surface area contributed by atoms with Gasteiger partial charge in [0.15, 0.2) is 0 Å². The van der Waals surface area contributed by atoms with E-state index in [0.717, 1.165) is 5.56 Å². The number of nitrogens with one attached hydrogen (secondary N) is 2. The third-order valence-electron chi connectivity index (χ3n) is 4.15. The van der Waals surface area contributed by atoms with E-state index in [9.17, 15) is 19.6 Å². The zero-order chi connectivity index (χ0) is 21.0. The van der Waals surface area contributed by atoms with Crippen molar-refractivity contribution in [3.63, 3.8) is 0 Å². The van der Waals surface area contributed by atoms with Crippen LogP contribution in [0.25, 0.3) is 0 Å². The smallest absolute Gasteiger partial charge is 0.271 e. The summed E-state index contributed by atoms with van der Waals surface area (Å²) in [5.74, 6) is -0.617. The Labute approximate surface area is 167 Å². The number of ether oxygens (including phenoxy) is 1. The second-order valence-corrected chi connectivity index (χ2v) is 9.47. The lowest BCUT2D eigenvalue weighted by Gasteiger charge is -2.27. The highest BCUT2D eigenvalue weighted by Crippen LogP contribution is 2.41. The first-order valence-electron chi connectivity index (χ1n) is 9.41. The Balaban J connectivity index is 2.37. The maximum absolute atomic E-state index is 12.8. The lowest BCUT2D eigenvalue weighted by Crippen LogP contribution is -2.46. The van der Waals surface area contributed by atoms with Crippen LogP contribution in [0.2, 0.25) is 0 Å². The number of aliphatic hydroxyl groups is 2. The largest absolute Gasteiger partial charge is 0.396 e. The number of rotatable bonds is 14. The van der Waals surface area contributed by atoms with Crippen molar-refractivity contribution in [3.8, 4) is 0 Å². The fourth-order valence-electron chi connectivity index (χ4n) is 2.31. The molecule has 0 bridgehead atoms. The molecule has 1 aromatic rings. The molecule has 2 atom stereocenters. The average molecular weight is 416 g/mol. The molecule has 0 saturated heterocycles. The van der Waals surface area contributed by atoms with E-state index in [-0.39, 0.29) is 25.9 Å². The van der Waals surface area contributed by atoms with Crippen LogP contribution in [0.1, 0.15) is 26.3 Å². The van der Waals surface area contributed by atoms with Crippen molar-refractivity contribution >= 4 is 13.4 Å². The number of hydrogen-bond acceptors (Lipinski definition) is 6. The Morgan fingerprint density at radius 3 is 2.54 bits per heavy atom. The number of carbonyl (C=O) groups excluding carboxylic acids is 1. The minimum absolute atomic E-state index is 0.0759. The molecule has 28 heavy (non-hydrogen) atoms. The summed E-state index contributed by atoms with van der Waals surface area (Å²) in [6.45, 7) is 6.10. The molecule has 1 rings (SSSR count). The Bertz CT molecular complexity index is 626. The second kappa shape index (κ2) is 12.3. The SMILES string of the molecule is CCOP(=O)(CCNC(=O)[C@H](O)C(C)(C)CO)NCCOCc1ccccc1. The Kier molecular flexibility index (Phi) is 10.9. The molecule has 1 aromatic carbocycles. The van der Waals surface area contributed by atoms with Gasteiger partial charge in [0.25, 0.3) is 7.52 Å². The van der Waals surface area contributed by atoms with Gasteiger partial charge in [-0.3, -0.25) is 9.36 Å². The molecule has 0 spiro atoms. The van der Waals surface area contributed by atoms with Gasteiger partial charge < -0.3 is 24.8 Å². The first-order valence-corrected chi connectivity index (χ1v) is 11.2. The number of amides is 1. The maximum atomic E-state index is 12.8. The summed E-state index contributed by atoms with van der Waals surface area (Å²) in [6, 6.07) is 9.74. The van der Waals surface area contributed by atoms with E-state index in [4.69, 9.17) is 9.26 Å². The van der Waals surface area contributed by atoms with Crippen molar-refractivity contribution in [2.75, 3.05) is 39.1 Å². The van der Waals surface area contributed by atoms with Crippen molar-refractivity contribution in [3.05, 3.63) is 35.9 Å². The van der Waals surface area contributed by atoms with Crippen LogP contribution < -0.4 is 10.4 Å². The molecule has 0 saturated carbocycles. The van der Waals surface area contributed by atoms with E-state index >= 15 is 0 Å². The number of benzene rings is 1. The summed E-state index contributed by atoms with van der Waals surface area (Å²) in [7, 11) is -3.14. The fraction of sp³-hybridized carbons (Fsp3) is 0.632. The van der Waals surface area contributed by atoms with Crippen molar-refractivity contribution in [1.29, 1.82) is 0 Å². The predicted octanol–water partition coefficient (Wildman–Crippen LogP) is 1.52. The minimum Gasteiger partial charge on any atom is -0.396 e.